The molecule has 1 fully saturated rings. The zero-order valence-electron chi connectivity index (χ0n) is 32.9. The number of fused-ring (bicyclic) bond motifs is 1. The molecule has 0 spiro atoms. The molecule has 6 atom stereocenters. The number of rotatable bonds is 28. The summed E-state index contributed by atoms with van der Waals surface area (Å²) in [6.45, 7) is 3.02. The second kappa shape index (κ2) is 23.4. The van der Waals surface area contributed by atoms with Crippen molar-refractivity contribution in [2.24, 2.45) is 0 Å². The van der Waals surface area contributed by atoms with Crippen LogP contribution in [0.1, 0.15) is 133 Å². The highest BCUT2D eigenvalue weighted by atomic mass is 31.2. The Morgan fingerprint density at radius 2 is 1.62 bits per heavy atom. The summed E-state index contributed by atoms with van der Waals surface area (Å²) in [5, 5.41) is 35.2. The summed E-state index contributed by atoms with van der Waals surface area (Å²) in [6.07, 6.45) is 15.2. The van der Waals surface area contributed by atoms with Crippen LogP contribution in [0, 0.1) is 17.1 Å². The van der Waals surface area contributed by atoms with Gasteiger partial charge in [-0.25, -0.2) is 18.5 Å². The highest BCUT2D eigenvalue weighted by Crippen LogP contribution is 2.47. The molecule has 0 saturated carbocycles. The summed E-state index contributed by atoms with van der Waals surface area (Å²) < 4.78 is 56.9. The molecule has 1 saturated heterocycles. The van der Waals surface area contributed by atoms with Gasteiger partial charge in [-0.2, -0.15) is 10.4 Å². The predicted molar refractivity (Wildman–Crippen MR) is 209 cm³/mol. The van der Waals surface area contributed by atoms with Crippen molar-refractivity contribution < 1.29 is 47.3 Å². The first-order chi connectivity index (χ1) is 27.0. The van der Waals surface area contributed by atoms with Gasteiger partial charge in [0.15, 0.2) is 5.82 Å². The molecular formula is C40H61FN5O9P. The van der Waals surface area contributed by atoms with Gasteiger partial charge in [0.25, 0.3) is 0 Å². The van der Waals surface area contributed by atoms with Crippen LogP contribution in [0.2, 0.25) is 0 Å². The third-order valence-corrected chi connectivity index (χ3v) is 11.1. The number of halogens is 1. The van der Waals surface area contributed by atoms with Crippen LogP contribution in [-0.2, 0) is 34.4 Å². The molecule has 56 heavy (non-hydrogen) atoms. The molecule has 16 heteroatoms. The lowest BCUT2D eigenvalue weighted by molar-refractivity contribution is -0.102. The second-order valence-electron chi connectivity index (χ2n) is 14.9. The second-order valence-corrected chi connectivity index (χ2v) is 16.4. The predicted octanol–water partition coefficient (Wildman–Crippen LogP) is 7.48. The SMILES string of the molecule is CCCCCCCCCCCCCCCCCOC[C@H](COP(=O)(O)OC[C@@]1(C)O[C@@H](c2ccc3c(N)ncnn23)[C@H](O)[C@@H]1O)OCc1cc(F)cc(C#N)c1. The number of phosphoric acid groups is 1. The number of nitrogen functional groups attached to an aromatic ring is 1. The smallest absolute Gasteiger partial charge is 0.387 e. The van der Waals surface area contributed by atoms with Crippen molar-refractivity contribution in [2.45, 2.75) is 147 Å². The minimum Gasteiger partial charge on any atom is -0.387 e. The van der Waals surface area contributed by atoms with Crippen LogP contribution in [0.25, 0.3) is 5.52 Å². The zero-order chi connectivity index (χ0) is 40.4. The van der Waals surface area contributed by atoms with Gasteiger partial charge in [-0.1, -0.05) is 96.8 Å². The third-order valence-electron chi connectivity index (χ3n) is 10.2. The Morgan fingerprint density at radius 3 is 2.27 bits per heavy atom. The van der Waals surface area contributed by atoms with Crippen molar-refractivity contribution in [1.29, 1.82) is 5.26 Å². The number of hydrogen-bond donors (Lipinski definition) is 4. The fourth-order valence-electron chi connectivity index (χ4n) is 6.87. The molecule has 0 aliphatic carbocycles. The van der Waals surface area contributed by atoms with E-state index >= 15 is 0 Å². The lowest BCUT2D eigenvalue weighted by atomic mass is 9.97. The van der Waals surface area contributed by atoms with Gasteiger partial charge >= 0.3 is 7.82 Å². The Morgan fingerprint density at radius 1 is 0.982 bits per heavy atom. The number of ether oxygens (including phenoxy) is 3. The van der Waals surface area contributed by atoms with Gasteiger partial charge in [0.2, 0.25) is 0 Å². The summed E-state index contributed by atoms with van der Waals surface area (Å²) in [5.74, 6) is -0.378. The number of nitrogens with two attached hydrogens (primary N) is 1. The summed E-state index contributed by atoms with van der Waals surface area (Å²) in [5.41, 5.74) is 5.70. The molecule has 1 aromatic carbocycles. The fourth-order valence-corrected chi connectivity index (χ4v) is 7.72. The van der Waals surface area contributed by atoms with Gasteiger partial charge in [0, 0.05) is 6.61 Å². The van der Waals surface area contributed by atoms with Crippen LogP contribution in [0.5, 0.6) is 0 Å². The van der Waals surface area contributed by atoms with Crippen LogP contribution >= 0.6 is 7.82 Å². The van der Waals surface area contributed by atoms with Crippen LogP contribution in [0.15, 0.2) is 36.7 Å². The normalized spacial score (nSPS) is 21.3. The highest BCUT2D eigenvalue weighted by Gasteiger charge is 2.53. The summed E-state index contributed by atoms with van der Waals surface area (Å²) >= 11 is 0. The van der Waals surface area contributed by atoms with Crippen LogP contribution in [-0.4, -0.2) is 80.0 Å². The molecule has 0 bridgehead atoms. The monoisotopic (exact) mass is 805 g/mol. The molecule has 1 aliphatic rings. The van der Waals surface area contributed by atoms with E-state index in [2.05, 4.69) is 17.0 Å². The molecule has 0 amide bonds. The van der Waals surface area contributed by atoms with Crippen molar-refractivity contribution in [3.05, 3.63) is 59.3 Å². The van der Waals surface area contributed by atoms with E-state index in [0.717, 1.165) is 25.3 Å². The van der Waals surface area contributed by atoms with Crippen molar-refractivity contribution in [3.8, 4) is 6.07 Å². The number of phosphoric ester groups is 1. The average molecular weight is 806 g/mol. The van der Waals surface area contributed by atoms with E-state index < -0.39 is 56.9 Å². The summed E-state index contributed by atoms with van der Waals surface area (Å²) in [6, 6.07) is 9.02. The molecular weight excluding hydrogens is 744 g/mol. The Labute approximate surface area is 330 Å². The fraction of sp³-hybridized carbons (Fsp3) is 0.675. The largest absolute Gasteiger partial charge is 0.472 e. The van der Waals surface area contributed by atoms with E-state index in [1.165, 1.54) is 107 Å². The number of aromatic nitrogens is 3. The molecule has 3 aromatic rings. The maximum Gasteiger partial charge on any atom is 0.472 e. The van der Waals surface area contributed by atoms with Crippen LogP contribution in [0.4, 0.5) is 10.2 Å². The van der Waals surface area contributed by atoms with Gasteiger partial charge in [0.05, 0.1) is 43.8 Å². The first-order valence-corrected chi connectivity index (χ1v) is 21.6. The first-order valence-electron chi connectivity index (χ1n) is 20.1. The molecule has 312 valence electrons. The standard InChI is InChI=1S/C40H61FN5O9P/c1-3-4-5-6-7-8-9-10-11-12-13-14-15-16-17-20-51-26-33(52-25-31-21-30(24-42)22-32(41)23-31)27-53-56(49,50)54-28-40(2)38(48)36(47)37(55-40)34-18-19-35-39(43)44-29-45-46(34)35/h18-19,21-23,29,33,36-38,47-48H,3-17,20,25-28H2,1-2H3,(H,49,50)(H2,43,44,45)/t33-,36+,37+,38+,40-/m1/s1. The minimum absolute atomic E-state index is 0.0196. The molecule has 3 heterocycles. The van der Waals surface area contributed by atoms with Gasteiger partial charge in [-0.05, 0) is 49.2 Å². The number of nitriles is 1. The van der Waals surface area contributed by atoms with Gasteiger partial charge in [0.1, 0.15) is 47.7 Å². The Bertz CT molecular complexity index is 1710. The molecule has 2 aromatic heterocycles. The summed E-state index contributed by atoms with van der Waals surface area (Å²) in [4.78, 5) is 14.6. The van der Waals surface area contributed by atoms with E-state index in [9.17, 15) is 29.3 Å². The number of anilines is 1. The lowest BCUT2D eigenvalue weighted by Crippen LogP contribution is -2.44. The molecule has 4 rings (SSSR count). The van der Waals surface area contributed by atoms with Crippen molar-refractivity contribution in [1.82, 2.24) is 14.6 Å². The van der Waals surface area contributed by atoms with Gasteiger partial charge in [-0.15, -0.1) is 0 Å². The molecule has 1 unspecified atom stereocenters. The van der Waals surface area contributed by atoms with Crippen molar-refractivity contribution in [2.75, 3.05) is 32.2 Å². The van der Waals surface area contributed by atoms with Crippen molar-refractivity contribution in [3.63, 3.8) is 0 Å². The zero-order valence-corrected chi connectivity index (χ0v) is 33.8. The van der Waals surface area contributed by atoms with Crippen LogP contribution in [0.3, 0.4) is 0 Å². The van der Waals surface area contributed by atoms with Crippen LogP contribution < -0.4 is 5.73 Å². The third kappa shape index (κ3) is 14.4. The maximum absolute atomic E-state index is 14.1. The number of hydrogen-bond acceptors (Lipinski definition) is 12. The Balaban J connectivity index is 1.20. The summed E-state index contributed by atoms with van der Waals surface area (Å²) in [7, 11) is -4.76. The van der Waals surface area contributed by atoms with Gasteiger partial charge < -0.3 is 35.1 Å². The Hall–Kier alpha value is -3.03. The van der Waals surface area contributed by atoms with E-state index in [1.54, 1.807) is 12.1 Å². The first kappa shape index (κ1) is 45.7. The highest BCUT2D eigenvalue weighted by molar-refractivity contribution is 7.47. The quantitative estimate of drug-likeness (QED) is 0.0416. The van der Waals surface area contributed by atoms with Gasteiger partial charge in [-0.3, -0.25) is 9.05 Å². The lowest BCUT2D eigenvalue weighted by Gasteiger charge is -2.28. The number of nitrogens with zero attached hydrogens (tertiary/aromatic N) is 4. The topological polar surface area (TPSA) is 204 Å². The number of unbranched alkanes of at least 4 members (excludes halogenated alkanes) is 14. The molecule has 1 aliphatic heterocycles. The Kier molecular flexibility index (Phi) is 19.1. The van der Waals surface area contributed by atoms with E-state index in [0.29, 0.717) is 23.4 Å². The molecule has 14 nitrogen and oxygen atoms in total. The number of aliphatic hydroxyl groups is 2. The average Bonchev–Trinajstić information content (AvgIpc) is 3.71. The van der Waals surface area contributed by atoms with E-state index in [4.69, 9.17) is 29.0 Å². The molecule has 5 N–H and O–H groups in total. The minimum atomic E-state index is -4.76. The number of benzene rings is 1. The molecule has 0 radical (unpaired) electrons. The van der Waals surface area contributed by atoms with Crippen molar-refractivity contribution >= 4 is 19.2 Å². The van der Waals surface area contributed by atoms with E-state index in [-0.39, 0.29) is 24.6 Å². The van der Waals surface area contributed by atoms with E-state index in [1.807, 2.05) is 6.07 Å². The number of aliphatic hydroxyl groups excluding tert-OH is 2. The maximum atomic E-state index is 14.1.